The molecule has 0 atom stereocenters. The van der Waals surface area contributed by atoms with E-state index in [2.05, 4.69) is 105 Å². The van der Waals surface area contributed by atoms with Crippen molar-refractivity contribution in [1.82, 2.24) is 9.55 Å². The number of ether oxygens (including phenoxy) is 1. The molecule has 0 aliphatic rings. The van der Waals surface area contributed by atoms with Crippen molar-refractivity contribution in [3.8, 4) is 0 Å². The fourth-order valence-electron chi connectivity index (χ4n) is 3.51. The average Bonchev–Trinajstić information content (AvgIpc) is 3.33. The Morgan fingerprint density at radius 1 is 0.828 bits per heavy atom. The third-order valence-corrected chi connectivity index (χ3v) is 4.70. The molecule has 4 aromatic rings. The van der Waals surface area contributed by atoms with Crippen LogP contribution in [-0.2, 0) is 15.1 Å². The number of rotatable bonds is 6. The first-order valence-corrected chi connectivity index (χ1v) is 9.54. The quantitative estimate of drug-likeness (QED) is 0.351. The number of benzene rings is 3. The molecule has 0 aliphatic heterocycles. The van der Waals surface area contributed by atoms with Gasteiger partial charge in [-0.15, -0.1) is 0 Å². The second kappa shape index (κ2) is 10.0. The van der Waals surface area contributed by atoms with Crippen LogP contribution in [0.4, 0.5) is 0 Å². The molecule has 4 heteroatoms. The van der Waals surface area contributed by atoms with Crippen molar-refractivity contribution in [1.29, 1.82) is 0 Å². The van der Waals surface area contributed by atoms with Crippen LogP contribution in [0.15, 0.2) is 110 Å². The monoisotopic (exact) mass is 384 g/mol. The lowest BCUT2D eigenvalue weighted by Gasteiger charge is -2.37. The largest absolute Gasteiger partial charge is 0.468 e. The van der Waals surface area contributed by atoms with Crippen LogP contribution in [-0.4, -0.2) is 22.6 Å². The summed E-state index contributed by atoms with van der Waals surface area (Å²) in [7, 11) is 0. The first-order valence-electron chi connectivity index (χ1n) is 9.54. The zero-order valence-corrected chi connectivity index (χ0v) is 16.4. The summed E-state index contributed by atoms with van der Waals surface area (Å²) < 4.78 is 6.34. The van der Waals surface area contributed by atoms with E-state index in [1.165, 1.54) is 16.7 Å². The van der Waals surface area contributed by atoms with Gasteiger partial charge >= 0.3 is 0 Å². The van der Waals surface area contributed by atoms with Crippen LogP contribution >= 0.6 is 0 Å². The van der Waals surface area contributed by atoms with Gasteiger partial charge in [0.1, 0.15) is 5.54 Å². The molecule has 0 fully saturated rings. The highest BCUT2D eigenvalue weighted by Crippen LogP contribution is 2.40. The number of carbonyl (C=O) groups excluding carboxylic acids is 1. The number of hydrogen-bond donors (Lipinski definition) is 0. The Kier molecular flexibility index (Phi) is 6.95. The Bertz CT molecular complexity index is 873. The van der Waals surface area contributed by atoms with Crippen molar-refractivity contribution in [2.75, 3.05) is 6.61 Å². The van der Waals surface area contributed by atoms with Gasteiger partial charge in [-0.25, -0.2) is 4.98 Å². The lowest BCUT2D eigenvalue weighted by Crippen LogP contribution is -2.36. The number of imidazole rings is 1. The van der Waals surface area contributed by atoms with Crippen molar-refractivity contribution < 1.29 is 9.53 Å². The van der Waals surface area contributed by atoms with E-state index in [0.29, 0.717) is 13.1 Å². The van der Waals surface area contributed by atoms with Gasteiger partial charge in [0, 0.05) is 12.4 Å². The summed E-state index contributed by atoms with van der Waals surface area (Å²) in [5.74, 6) is 0. The topological polar surface area (TPSA) is 44.1 Å². The maximum absolute atomic E-state index is 9.18. The van der Waals surface area contributed by atoms with Crippen molar-refractivity contribution in [2.24, 2.45) is 0 Å². The average molecular weight is 384 g/mol. The molecule has 1 heterocycles. The molecule has 3 aromatic carbocycles. The van der Waals surface area contributed by atoms with Gasteiger partial charge in [-0.05, 0) is 23.6 Å². The fraction of sp³-hybridized carbons (Fsp3) is 0.120. The molecular formula is C25H24N2O2. The molecule has 0 amide bonds. The minimum atomic E-state index is -0.444. The molecule has 146 valence electrons. The molecule has 0 aliphatic carbocycles. The second-order valence-corrected chi connectivity index (χ2v) is 6.33. The highest BCUT2D eigenvalue weighted by atomic mass is 16.5. The van der Waals surface area contributed by atoms with Crippen LogP contribution in [0.25, 0.3) is 0 Å². The third-order valence-electron chi connectivity index (χ3n) is 4.70. The van der Waals surface area contributed by atoms with Crippen molar-refractivity contribution >= 4 is 6.47 Å². The summed E-state index contributed by atoms with van der Waals surface area (Å²) in [6.45, 7) is 2.66. The second-order valence-electron chi connectivity index (χ2n) is 6.33. The summed E-state index contributed by atoms with van der Waals surface area (Å²) in [6, 6.07) is 31.8. The Hall–Kier alpha value is -3.66. The molecule has 0 spiro atoms. The van der Waals surface area contributed by atoms with E-state index >= 15 is 0 Å². The van der Waals surface area contributed by atoms with Gasteiger partial charge in [0.2, 0.25) is 0 Å². The summed E-state index contributed by atoms with van der Waals surface area (Å²) in [4.78, 5) is 13.5. The summed E-state index contributed by atoms with van der Waals surface area (Å²) in [5, 5.41) is 0. The molecule has 29 heavy (non-hydrogen) atoms. The lowest BCUT2D eigenvalue weighted by atomic mass is 9.77. The molecule has 0 N–H and O–H groups in total. The van der Waals surface area contributed by atoms with Gasteiger partial charge in [-0.2, -0.15) is 0 Å². The SMILES string of the molecule is CCOC=O.c1ccc(C(c2ccccc2)(c2ccccc2)n2ccnc2)cc1. The Morgan fingerprint density at radius 2 is 1.28 bits per heavy atom. The molecule has 0 saturated heterocycles. The van der Waals surface area contributed by atoms with Crippen LogP contribution in [0.3, 0.4) is 0 Å². The highest BCUT2D eigenvalue weighted by Gasteiger charge is 2.37. The molecular weight excluding hydrogens is 360 g/mol. The van der Waals surface area contributed by atoms with Gasteiger partial charge < -0.3 is 9.30 Å². The zero-order valence-electron chi connectivity index (χ0n) is 16.4. The normalized spacial score (nSPS) is 10.5. The zero-order chi connectivity index (χ0) is 20.4. The molecule has 4 nitrogen and oxygen atoms in total. The number of hydrogen-bond acceptors (Lipinski definition) is 3. The highest BCUT2D eigenvalue weighted by molar-refractivity contribution is 5.50. The van der Waals surface area contributed by atoms with Crippen LogP contribution in [0.2, 0.25) is 0 Å². The number of carbonyl (C=O) groups is 1. The van der Waals surface area contributed by atoms with Gasteiger partial charge in [0.15, 0.2) is 0 Å². The number of nitrogens with zero attached hydrogens (tertiary/aromatic N) is 2. The van der Waals surface area contributed by atoms with E-state index in [-0.39, 0.29) is 0 Å². The van der Waals surface area contributed by atoms with Crippen LogP contribution in [0, 0.1) is 0 Å². The summed E-state index contributed by atoms with van der Waals surface area (Å²) in [5.41, 5.74) is 3.18. The fourth-order valence-corrected chi connectivity index (χ4v) is 3.51. The van der Waals surface area contributed by atoms with E-state index in [4.69, 9.17) is 0 Å². The third kappa shape index (κ3) is 4.27. The van der Waals surface area contributed by atoms with Gasteiger partial charge in [0.05, 0.1) is 12.9 Å². The van der Waals surface area contributed by atoms with Crippen LogP contribution < -0.4 is 0 Å². The maximum atomic E-state index is 9.18. The van der Waals surface area contributed by atoms with E-state index in [1.54, 1.807) is 6.92 Å². The van der Waals surface area contributed by atoms with Gasteiger partial charge in [-0.3, -0.25) is 4.79 Å². The van der Waals surface area contributed by atoms with Gasteiger partial charge in [0.25, 0.3) is 6.47 Å². The maximum Gasteiger partial charge on any atom is 0.293 e. The Labute approximate surface area is 171 Å². The minimum absolute atomic E-state index is 0.431. The smallest absolute Gasteiger partial charge is 0.293 e. The van der Waals surface area contributed by atoms with Crippen molar-refractivity contribution in [2.45, 2.75) is 12.5 Å². The Balaban J connectivity index is 0.000000431. The predicted molar refractivity (Wildman–Crippen MR) is 115 cm³/mol. The first kappa shape index (κ1) is 20.1. The van der Waals surface area contributed by atoms with E-state index in [9.17, 15) is 4.79 Å². The lowest BCUT2D eigenvalue weighted by molar-refractivity contribution is -0.128. The standard InChI is InChI=1S/C22H18N2.C3H6O2/c1-4-10-19(11-5-1)22(24-17-16-23-18-24,20-12-6-2-7-13-20)21-14-8-3-9-15-21;1-2-5-3-4/h1-18H;3H,2H2,1H3. The molecule has 0 bridgehead atoms. The molecule has 0 radical (unpaired) electrons. The molecule has 0 unspecified atom stereocenters. The van der Waals surface area contributed by atoms with Crippen LogP contribution in [0.5, 0.6) is 0 Å². The van der Waals surface area contributed by atoms with E-state index in [0.717, 1.165) is 0 Å². The Morgan fingerprint density at radius 3 is 1.55 bits per heavy atom. The summed E-state index contributed by atoms with van der Waals surface area (Å²) in [6.07, 6.45) is 5.77. The molecule has 4 rings (SSSR count). The van der Waals surface area contributed by atoms with Crippen molar-refractivity contribution in [3.63, 3.8) is 0 Å². The first-order chi connectivity index (χ1) is 14.3. The van der Waals surface area contributed by atoms with Gasteiger partial charge in [-0.1, -0.05) is 91.0 Å². The molecule has 1 aromatic heterocycles. The summed E-state index contributed by atoms with van der Waals surface area (Å²) >= 11 is 0. The predicted octanol–water partition coefficient (Wildman–Crippen LogP) is 4.90. The number of aromatic nitrogens is 2. The van der Waals surface area contributed by atoms with E-state index in [1.807, 2.05) is 18.7 Å². The van der Waals surface area contributed by atoms with E-state index < -0.39 is 5.54 Å². The minimum Gasteiger partial charge on any atom is -0.468 e. The van der Waals surface area contributed by atoms with Crippen LogP contribution in [0.1, 0.15) is 23.6 Å². The van der Waals surface area contributed by atoms with Crippen molar-refractivity contribution in [3.05, 3.63) is 126 Å². The molecule has 0 saturated carbocycles.